The normalized spacial score (nSPS) is 14.7. The maximum Gasteiger partial charge on any atom is 0.325 e. The van der Waals surface area contributed by atoms with Crippen LogP contribution in [0.3, 0.4) is 0 Å². The molecule has 0 saturated heterocycles. The highest BCUT2D eigenvalue weighted by atomic mass is 16.4. The van der Waals surface area contributed by atoms with Crippen molar-refractivity contribution in [1.82, 2.24) is 21.3 Å². The molecule has 0 aliphatic rings. The molecule has 0 fully saturated rings. The molecule has 5 atom stereocenters. The van der Waals surface area contributed by atoms with Crippen LogP contribution >= 0.6 is 0 Å². The first-order chi connectivity index (χ1) is 18.2. The highest BCUT2D eigenvalue weighted by Crippen LogP contribution is 2.06. The highest BCUT2D eigenvalue weighted by molar-refractivity contribution is 5.95. The summed E-state index contributed by atoms with van der Waals surface area (Å²) in [6, 6.07) is -5.11. The first-order valence-corrected chi connectivity index (χ1v) is 13.1. The molecule has 15 heteroatoms. The molecule has 0 aliphatic carbocycles. The smallest absolute Gasteiger partial charge is 0.325 e. The summed E-state index contributed by atoms with van der Waals surface area (Å²) in [5.74, 6) is -3.64. The summed E-state index contributed by atoms with van der Waals surface area (Å²) >= 11 is 0. The van der Waals surface area contributed by atoms with Crippen molar-refractivity contribution in [2.45, 2.75) is 96.4 Å². The third kappa shape index (κ3) is 15.5. The van der Waals surface area contributed by atoms with Crippen LogP contribution < -0.4 is 44.2 Å². The zero-order chi connectivity index (χ0) is 30.1. The number of carboxylic acids is 1. The van der Waals surface area contributed by atoms with Crippen molar-refractivity contribution in [3.05, 3.63) is 0 Å². The van der Waals surface area contributed by atoms with Gasteiger partial charge in [-0.3, -0.25) is 29.0 Å². The highest BCUT2D eigenvalue weighted by Gasteiger charge is 2.29. The van der Waals surface area contributed by atoms with Crippen molar-refractivity contribution in [3.63, 3.8) is 0 Å². The van der Waals surface area contributed by atoms with Crippen LogP contribution in [0.15, 0.2) is 4.99 Å². The van der Waals surface area contributed by atoms with Gasteiger partial charge in [0.1, 0.15) is 24.2 Å². The number of carbonyl (C=O) groups excluding carboxylic acids is 4. The van der Waals surface area contributed by atoms with Gasteiger partial charge < -0.3 is 49.3 Å². The molecule has 0 radical (unpaired) electrons. The molecule has 224 valence electrons. The van der Waals surface area contributed by atoms with E-state index in [1.54, 1.807) is 0 Å². The number of aliphatic imine (C=N–C) groups is 1. The molecule has 0 aromatic rings. The van der Waals surface area contributed by atoms with Gasteiger partial charge >= 0.3 is 5.97 Å². The summed E-state index contributed by atoms with van der Waals surface area (Å²) in [7, 11) is 0. The first-order valence-electron chi connectivity index (χ1n) is 13.1. The van der Waals surface area contributed by atoms with E-state index in [0.717, 1.165) is 0 Å². The second-order valence-electron chi connectivity index (χ2n) is 9.89. The van der Waals surface area contributed by atoms with Gasteiger partial charge in [-0.2, -0.15) is 0 Å². The van der Waals surface area contributed by atoms with Gasteiger partial charge in [0, 0.05) is 6.54 Å². The standard InChI is InChI=1S/C24H47N9O6/c1-13(2)12-16(26)20(35)33-18(9-7-11-29-24(27)28)21(36)30-14(3)19(34)32-17(8-5-6-10-25)22(37)31-15(4)23(38)39/h13-18H,5-12,25-26H2,1-4H3,(H,30,36)(H,31,37)(H,32,34)(H,33,35)(H,38,39)(H4,27,28,29)/t14-,15-,16-,17-,18+/m0/s1. The van der Waals surface area contributed by atoms with Crippen LogP contribution in [-0.2, 0) is 24.0 Å². The molecule has 15 nitrogen and oxygen atoms in total. The summed E-state index contributed by atoms with van der Waals surface area (Å²) in [5.41, 5.74) is 22.1. The lowest BCUT2D eigenvalue weighted by molar-refractivity contribution is -0.141. The summed E-state index contributed by atoms with van der Waals surface area (Å²) in [6.07, 6.45) is 2.29. The van der Waals surface area contributed by atoms with Crippen LogP contribution in [0.4, 0.5) is 0 Å². The molecule has 0 unspecified atom stereocenters. The fraction of sp³-hybridized carbons (Fsp3) is 0.750. The number of carbonyl (C=O) groups is 5. The number of nitrogens with zero attached hydrogens (tertiary/aromatic N) is 1. The van der Waals surface area contributed by atoms with Gasteiger partial charge in [-0.05, 0) is 64.8 Å². The van der Waals surface area contributed by atoms with Crippen molar-refractivity contribution in [1.29, 1.82) is 0 Å². The number of unbranched alkanes of at least 4 members (excludes halogenated alkanes) is 1. The Bertz CT molecular complexity index is 848. The molecule has 0 bridgehead atoms. The maximum absolute atomic E-state index is 13.0. The minimum atomic E-state index is -1.22. The fourth-order valence-electron chi connectivity index (χ4n) is 3.48. The average molecular weight is 558 g/mol. The van der Waals surface area contributed by atoms with Crippen LogP contribution in [0.2, 0.25) is 0 Å². The zero-order valence-corrected chi connectivity index (χ0v) is 23.4. The lowest BCUT2D eigenvalue weighted by Gasteiger charge is -2.25. The van der Waals surface area contributed by atoms with Gasteiger partial charge in [0.15, 0.2) is 5.96 Å². The van der Waals surface area contributed by atoms with Crippen LogP contribution in [0, 0.1) is 5.92 Å². The molecule has 4 amide bonds. The molecule has 0 saturated carbocycles. The van der Waals surface area contributed by atoms with Crippen LogP contribution in [0.25, 0.3) is 0 Å². The largest absolute Gasteiger partial charge is 0.480 e. The second-order valence-corrected chi connectivity index (χ2v) is 9.89. The van der Waals surface area contributed by atoms with E-state index in [1.807, 2.05) is 13.8 Å². The lowest BCUT2D eigenvalue weighted by atomic mass is 10.0. The zero-order valence-electron chi connectivity index (χ0n) is 23.4. The summed E-state index contributed by atoms with van der Waals surface area (Å²) < 4.78 is 0. The fourth-order valence-corrected chi connectivity index (χ4v) is 3.48. The van der Waals surface area contributed by atoms with Crippen molar-refractivity contribution in [2.75, 3.05) is 13.1 Å². The van der Waals surface area contributed by atoms with Gasteiger partial charge in [-0.1, -0.05) is 13.8 Å². The first kappa shape index (κ1) is 35.5. The van der Waals surface area contributed by atoms with Crippen molar-refractivity contribution in [3.8, 4) is 0 Å². The van der Waals surface area contributed by atoms with Crippen LogP contribution in [0.5, 0.6) is 0 Å². The summed E-state index contributed by atoms with van der Waals surface area (Å²) in [5, 5.41) is 19.1. The van der Waals surface area contributed by atoms with E-state index in [2.05, 4.69) is 26.3 Å². The Kier molecular flexibility index (Phi) is 17.1. The van der Waals surface area contributed by atoms with E-state index >= 15 is 0 Å². The van der Waals surface area contributed by atoms with E-state index in [1.165, 1.54) is 13.8 Å². The van der Waals surface area contributed by atoms with E-state index < -0.39 is 59.8 Å². The topological polar surface area (TPSA) is 270 Å². The number of carboxylic acid groups (broad SMARTS) is 1. The number of amides is 4. The van der Waals surface area contributed by atoms with Crippen molar-refractivity contribution < 1.29 is 29.1 Å². The number of hydrogen-bond donors (Lipinski definition) is 9. The van der Waals surface area contributed by atoms with Gasteiger partial charge in [-0.15, -0.1) is 0 Å². The lowest BCUT2D eigenvalue weighted by Crippen LogP contribution is -2.57. The van der Waals surface area contributed by atoms with Crippen molar-refractivity contribution in [2.24, 2.45) is 33.8 Å². The Balaban J connectivity index is 5.41. The van der Waals surface area contributed by atoms with Gasteiger partial charge in [0.05, 0.1) is 6.04 Å². The van der Waals surface area contributed by atoms with E-state index in [0.29, 0.717) is 32.2 Å². The molecule has 39 heavy (non-hydrogen) atoms. The van der Waals surface area contributed by atoms with Gasteiger partial charge in [-0.25, -0.2) is 0 Å². The Morgan fingerprint density at radius 1 is 0.744 bits per heavy atom. The number of nitrogens with two attached hydrogens (primary N) is 4. The molecule has 0 heterocycles. The Morgan fingerprint density at radius 2 is 1.26 bits per heavy atom. The number of aliphatic carboxylic acids is 1. The molecule has 0 aliphatic heterocycles. The molecular weight excluding hydrogens is 510 g/mol. The third-order valence-electron chi connectivity index (χ3n) is 5.70. The minimum absolute atomic E-state index is 0.105. The number of hydrogen-bond acceptors (Lipinski definition) is 8. The molecule has 0 aromatic carbocycles. The number of guanidine groups is 1. The van der Waals surface area contributed by atoms with Crippen LogP contribution in [0.1, 0.15) is 66.2 Å². The van der Waals surface area contributed by atoms with Gasteiger partial charge in [0.25, 0.3) is 0 Å². The monoisotopic (exact) mass is 557 g/mol. The van der Waals surface area contributed by atoms with Crippen molar-refractivity contribution >= 4 is 35.6 Å². The molecular formula is C24H47N9O6. The SMILES string of the molecule is CC(C)C[C@H](N)C(=O)N[C@H](CCCN=C(N)N)C(=O)N[C@@H](C)C(=O)N[C@@H](CCCCN)C(=O)N[C@@H](C)C(=O)O. The maximum atomic E-state index is 13.0. The predicted molar refractivity (Wildman–Crippen MR) is 147 cm³/mol. The summed E-state index contributed by atoms with van der Waals surface area (Å²) in [4.78, 5) is 66.0. The van der Waals surface area contributed by atoms with Gasteiger partial charge in [0.2, 0.25) is 23.6 Å². The predicted octanol–water partition coefficient (Wildman–Crippen LogP) is -2.39. The molecule has 13 N–H and O–H groups in total. The second kappa shape index (κ2) is 18.7. The molecule has 0 rings (SSSR count). The Hall–Kier alpha value is -3.46. The molecule has 0 aromatic heterocycles. The Morgan fingerprint density at radius 3 is 1.74 bits per heavy atom. The quantitative estimate of drug-likeness (QED) is 0.0461. The van der Waals surface area contributed by atoms with Crippen LogP contribution in [-0.4, -0.2) is 84.0 Å². The average Bonchev–Trinajstić information content (AvgIpc) is 2.84. The molecule has 0 spiro atoms. The third-order valence-corrected chi connectivity index (χ3v) is 5.70. The van der Waals surface area contributed by atoms with E-state index in [9.17, 15) is 24.0 Å². The van der Waals surface area contributed by atoms with E-state index in [4.69, 9.17) is 28.0 Å². The Labute approximate surface area is 229 Å². The number of rotatable bonds is 19. The number of nitrogens with one attached hydrogen (secondary N) is 4. The summed E-state index contributed by atoms with van der Waals surface area (Å²) in [6.45, 7) is 7.17. The minimum Gasteiger partial charge on any atom is -0.480 e. The van der Waals surface area contributed by atoms with E-state index in [-0.39, 0.29) is 31.3 Å².